The lowest BCUT2D eigenvalue weighted by molar-refractivity contribution is -0.129. The second-order valence-corrected chi connectivity index (χ2v) is 8.41. The Hall–Kier alpha value is -2.87. The molecule has 8 heteroatoms. The van der Waals surface area contributed by atoms with Crippen LogP contribution < -0.4 is 15.8 Å². The van der Waals surface area contributed by atoms with Crippen molar-refractivity contribution in [2.75, 3.05) is 32.2 Å². The molecular formula is C23H31N3O5. The van der Waals surface area contributed by atoms with Gasteiger partial charge in [0.25, 0.3) is 0 Å². The summed E-state index contributed by atoms with van der Waals surface area (Å²) in [6, 6.07) is 5.42. The number of rotatable bonds is 7. The highest BCUT2D eigenvalue weighted by atomic mass is 16.5. The lowest BCUT2D eigenvalue weighted by Gasteiger charge is -2.30. The molecule has 0 bridgehead atoms. The molecule has 0 saturated carbocycles. The van der Waals surface area contributed by atoms with Crippen molar-refractivity contribution < 1.29 is 23.8 Å². The summed E-state index contributed by atoms with van der Waals surface area (Å²) in [7, 11) is 0. The Morgan fingerprint density at radius 2 is 2.00 bits per heavy atom. The molecule has 0 unspecified atom stereocenters. The zero-order chi connectivity index (χ0) is 22.6. The minimum atomic E-state index is -0.603. The first-order valence-corrected chi connectivity index (χ1v) is 10.6. The SMILES string of the molecule is CCOC(=O)c1c(C)nc2cccc(OCC(C)(C)NC(=O)C3CCOCC3)c2c1N. The van der Waals surface area contributed by atoms with E-state index in [1.54, 1.807) is 19.9 Å². The van der Waals surface area contributed by atoms with Gasteiger partial charge in [0, 0.05) is 19.1 Å². The average Bonchev–Trinajstić information content (AvgIpc) is 2.72. The standard InChI is InChI=1S/C23H31N3O5/c1-5-30-22(28)18-14(2)25-16-7-6-8-17(19(16)20(18)24)31-13-23(3,4)26-21(27)15-9-11-29-12-10-15/h6-8,15H,5,9-13H2,1-4H3,(H2,24,25)(H,26,27). The fraction of sp³-hybridized carbons (Fsp3) is 0.522. The maximum atomic E-state index is 12.6. The summed E-state index contributed by atoms with van der Waals surface area (Å²) in [4.78, 5) is 29.5. The molecule has 8 nitrogen and oxygen atoms in total. The van der Waals surface area contributed by atoms with E-state index >= 15 is 0 Å². The van der Waals surface area contributed by atoms with Crippen LogP contribution in [0.25, 0.3) is 10.9 Å². The largest absolute Gasteiger partial charge is 0.490 e. The molecule has 1 saturated heterocycles. The number of fused-ring (bicyclic) bond motifs is 1. The van der Waals surface area contributed by atoms with Gasteiger partial charge in [0.1, 0.15) is 17.9 Å². The van der Waals surface area contributed by atoms with E-state index < -0.39 is 11.5 Å². The lowest BCUT2D eigenvalue weighted by Crippen LogP contribution is -2.50. The number of hydrogen-bond acceptors (Lipinski definition) is 7. The number of carbonyl (C=O) groups excluding carboxylic acids is 2. The summed E-state index contributed by atoms with van der Waals surface area (Å²) in [6.45, 7) is 8.97. The van der Waals surface area contributed by atoms with E-state index in [-0.39, 0.29) is 36.3 Å². The molecule has 1 aromatic heterocycles. The smallest absolute Gasteiger partial charge is 0.342 e. The summed E-state index contributed by atoms with van der Waals surface area (Å²) in [5.41, 5.74) is 7.42. The number of pyridine rings is 1. The topological polar surface area (TPSA) is 113 Å². The van der Waals surface area contributed by atoms with Crippen LogP contribution >= 0.6 is 0 Å². The van der Waals surface area contributed by atoms with Crippen LogP contribution in [0.4, 0.5) is 5.69 Å². The number of nitrogens with two attached hydrogens (primary N) is 1. The Labute approximate surface area is 182 Å². The van der Waals surface area contributed by atoms with Crippen LogP contribution in [0.15, 0.2) is 18.2 Å². The van der Waals surface area contributed by atoms with E-state index in [1.807, 2.05) is 26.0 Å². The van der Waals surface area contributed by atoms with Gasteiger partial charge in [-0.1, -0.05) is 6.07 Å². The molecule has 1 aliphatic rings. The first-order valence-electron chi connectivity index (χ1n) is 10.6. The molecule has 168 valence electrons. The fourth-order valence-corrected chi connectivity index (χ4v) is 3.71. The Balaban J connectivity index is 1.81. The number of ether oxygens (including phenoxy) is 3. The molecule has 1 aromatic carbocycles. The highest BCUT2D eigenvalue weighted by Crippen LogP contribution is 2.34. The van der Waals surface area contributed by atoms with Gasteiger partial charge in [0.05, 0.1) is 34.4 Å². The van der Waals surface area contributed by atoms with Gasteiger partial charge in [-0.2, -0.15) is 0 Å². The van der Waals surface area contributed by atoms with Gasteiger partial charge in [0.15, 0.2) is 0 Å². The Bertz CT molecular complexity index is 967. The molecule has 0 spiro atoms. The number of nitrogens with one attached hydrogen (secondary N) is 1. The molecule has 1 amide bonds. The third-order valence-electron chi connectivity index (χ3n) is 5.31. The highest BCUT2D eigenvalue weighted by molar-refractivity contribution is 6.07. The summed E-state index contributed by atoms with van der Waals surface area (Å²) in [6.07, 6.45) is 1.45. The molecule has 0 atom stereocenters. The van der Waals surface area contributed by atoms with Crippen LogP contribution in [0.1, 0.15) is 49.7 Å². The van der Waals surface area contributed by atoms with Crippen molar-refractivity contribution in [3.05, 3.63) is 29.5 Å². The number of aromatic nitrogens is 1. The number of amides is 1. The number of hydrogen-bond donors (Lipinski definition) is 2. The van der Waals surface area contributed by atoms with Crippen LogP contribution in [0, 0.1) is 12.8 Å². The number of nitrogen functional groups attached to an aromatic ring is 1. The molecule has 2 heterocycles. The van der Waals surface area contributed by atoms with Crippen molar-refractivity contribution in [3.8, 4) is 5.75 Å². The Morgan fingerprint density at radius 3 is 2.68 bits per heavy atom. The molecule has 2 aromatic rings. The van der Waals surface area contributed by atoms with Gasteiger partial charge in [-0.3, -0.25) is 9.78 Å². The second-order valence-electron chi connectivity index (χ2n) is 8.41. The maximum absolute atomic E-state index is 12.6. The zero-order valence-electron chi connectivity index (χ0n) is 18.6. The first kappa shape index (κ1) is 22.8. The minimum Gasteiger partial charge on any atom is -0.490 e. The van der Waals surface area contributed by atoms with Crippen LogP contribution in [0.3, 0.4) is 0 Å². The van der Waals surface area contributed by atoms with Gasteiger partial charge >= 0.3 is 5.97 Å². The van der Waals surface area contributed by atoms with Gasteiger partial charge in [-0.25, -0.2) is 4.79 Å². The molecule has 3 rings (SSSR count). The maximum Gasteiger partial charge on any atom is 0.342 e. The summed E-state index contributed by atoms with van der Waals surface area (Å²) >= 11 is 0. The molecule has 1 fully saturated rings. The van der Waals surface area contributed by atoms with E-state index in [2.05, 4.69) is 10.3 Å². The molecule has 1 aliphatic heterocycles. The summed E-state index contributed by atoms with van der Waals surface area (Å²) in [5, 5.41) is 3.63. The Morgan fingerprint density at radius 1 is 1.29 bits per heavy atom. The molecule has 0 aliphatic carbocycles. The van der Waals surface area contributed by atoms with Gasteiger partial charge in [-0.15, -0.1) is 0 Å². The summed E-state index contributed by atoms with van der Waals surface area (Å²) < 4.78 is 16.5. The number of carbonyl (C=O) groups is 2. The number of nitrogens with zero attached hydrogens (tertiary/aromatic N) is 1. The van der Waals surface area contributed by atoms with E-state index in [0.717, 1.165) is 12.8 Å². The predicted molar refractivity (Wildman–Crippen MR) is 118 cm³/mol. The zero-order valence-corrected chi connectivity index (χ0v) is 18.6. The van der Waals surface area contributed by atoms with E-state index in [0.29, 0.717) is 35.6 Å². The van der Waals surface area contributed by atoms with E-state index in [9.17, 15) is 9.59 Å². The number of benzene rings is 1. The normalized spacial score (nSPS) is 15.0. The Kier molecular flexibility index (Phi) is 7.00. The van der Waals surface area contributed by atoms with Gasteiger partial charge < -0.3 is 25.3 Å². The van der Waals surface area contributed by atoms with Crippen molar-refractivity contribution in [1.82, 2.24) is 10.3 Å². The van der Waals surface area contributed by atoms with E-state index in [1.165, 1.54) is 0 Å². The monoisotopic (exact) mass is 429 g/mol. The molecular weight excluding hydrogens is 398 g/mol. The van der Waals surface area contributed by atoms with Crippen LogP contribution in [0.2, 0.25) is 0 Å². The number of aryl methyl sites for hydroxylation is 1. The number of esters is 1. The third kappa shape index (κ3) is 5.25. The van der Waals surface area contributed by atoms with Crippen LogP contribution in [-0.2, 0) is 14.3 Å². The minimum absolute atomic E-state index is 0.0104. The predicted octanol–water partition coefficient (Wildman–Crippen LogP) is 3.00. The molecule has 31 heavy (non-hydrogen) atoms. The highest BCUT2D eigenvalue weighted by Gasteiger charge is 2.28. The van der Waals surface area contributed by atoms with Crippen molar-refractivity contribution in [2.24, 2.45) is 5.92 Å². The van der Waals surface area contributed by atoms with Crippen LogP contribution in [-0.4, -0.2) is 48.8 Å². The molecule has 3 N–H and O–H groups in total. The van der Waals surface area contributed by atoms with Crippen molar-refractivity contribution >= 4 is 28.5 Å². The lowest BCUT2D eigenvalue weighted by atomic mass is 9.97. The van der Waals surface area contributed by atoms with Crippen LogP contribution in [0.5, 0.6) is 5.75 Å². The number of anilines is 1. The molecule has 0 radical (unpaired) electrons. The van der Waals surface area contributed by atoms with E-state index in [4.69, 9.17) is 19.9 Å². The fourth-order valence-electron chi connectivity index (χ4n) is 3.71. The van der Waals surface area contributed by atoms with Crippen molar-refractivity contribution in [3.63, 3.8) is 0 Å². The third-order valence-corrected chi connectivity index (χ3v) is 5.31. The van der Waals surface area contributed by atoms with Crippen molar-refractivity contribution in [2.45, 2.75) is 46.1 Å². The quantitative estimate of drug-likeness (QED) is 0.651. The van der Waals surface area contributed by atoms with Gasteiger partial charge in [0.2, 0.25) is 5.91 Å². The summed E-state index contributed by atoms with van der Waals surface area (Å²) in [5.74, 6) is -0.0380. The average molecular weight is 430 g/mol. The van der Waals surface area contributed by atoms with Gasteiger partial charge in [-0.05, 0) is 52.7 Å². The second kappa shape index (κ2) is 9.51. The first-order chi connectivity index (χ1) is 14.7. The van der Waals surface area contributed by atoms with Crippen molar-refractivity contribution in [1.29, 1.82) is 0 Å².